The molecular formula is C15H23N3O. The van der Waals surface area contributed by atoms with Gasteiger partial charge >= 0.3 is 0 Å². The average Bonchev–Trinajstić information content (AvgIpc) is 2.84. The first-order valence-corrected chi connectivity index (χ1v) is 7.03. The number of hydrogen-bond donors (Lipinski definition) is 1. The molecule has 0 saturated carbocycles. The van der Waals surface area contributed by atoms with E-state index in [4.69, 9.17) is 0 Å². The van der Waals surface area contributed by atoms with Gasteiger partial charge in [0, 0.05) is 44.4 Å². The fourth-order valence-corrected chi connectivity index (χ4v) is 2.66. The summed E-state index contributed by atoms with van der Waals surface area (Å²) in [6, 6.07) is 6.18. The maximum absolute atomic E-state index is 11.4. The number of hydrogen-bond acceptors (Lipinski definition) is 3. The van der Waals surface area contributed by atoms with Gasteiger partial charge in [0.2, 0.25) is 5.91 Å². The molecule has 19 heavy (non-hydrogen) atoms. The van der Waals surface area contributed by atoms with E-state index in [2.05, 4.69) is 27.3 Å². The highest BCUT2D eigenvalue weighted by Gasteiger charge is 2.23. The van der Waals surface area contributed by atoms with Gasteiger partial charge in [-0.3, -0.25) is 9.78 Å². The fraction of sp³-hybridized carbons (Fsp3) is 0.600. The second kappa shape index (κ2) is 6.66. The van der Waals surface area contributed by atoms with Gasteiger partial charge in [0.1, 0.15) is 0 Å². The van der Waals surface area contributed by atoms with Crippen LogP contribution in [0.1, 0.15) is 24.2 Å². The molecule has 1 aliphatic heterocycles. The molecule has 1 aromatic heterocycles. The van der Waals surface area contributed by atoms with Gasteiger partial charge in [-0.05, 0) is 37.9 Å². The number of likely N-dealkylation sites (tertiary alicyclic amines) is 1. The Morgan fingerprint density at radius 1 is 1.53 bits per heavy atom. The van der Waals surface area contributed by atoms with Gasteiger partial charge in [0.25, 0.3) is 0 Å². The second-order valence-corrected chi connectivity index (χ2v) is 5.35. The molecule has 1 amide bonds. The van der Waals surface area contributed by atoms with Crippen LogP contribution in [0.4, 0.5) is 0 Å². The number of amides is 1. The van der Waals surface area contributed by atoms with Crippen molar-refractivity contribution in [2.45, 2.75) is 26.2 Å². The van der Waals surface area contributed by atoms with Crippen LogP contribution in [0.2, 0.25) is 0 Å². The lowest BCUT2D eigenvalue weighted by Gasteiger charge is -2.15. The van der Waals surface area contributed by atoms with E-state index in [1.165, 1.54) is 0 Å². The summed E-state index contributed by atoms with van der Waals surface area (Å²) in [5, 5.41) is 2.70. The number of rotatable bonds is 5. The van der Waals surface area contributed by atoms with E-state index >= 15 is 0 Å². The van der Waals surface area contributed by atoms with Gasteiger partial charge in [-0.25, -0.2) is 0 Å². The molecule has 4 heteroatoms. The molecule has 0 aliphatic carbocycles. The molecule has 1 N–H and O–H groups in total. The number of carbonyl (C=O) groups excluding carboxylic acids is 1. The third-order valence-electron chi connectivity index (χ3n) is 3.75. The Balaban J connectivity index is 1.75. The summed E-state index contributed by atoms with van der Waals surface area (Å²) < 4.78 is 0. The first-order valence-electron chi connectivity index (χ1n) is 7.03. The molecule has 2 rings (SSSR count). The minimum absolute atomic E-state index is 0.159. The molecule has 104 valence electrons. The zero-order valence-corrected chi connectivity index (χ0v) is 11.9. The van der Waals surface area contributed by atoms with Crippen molar-refractivity contribution in [3.63, 3.8) is 0 Å². The maximum Gasteiger partial charge on any atom is 0.220 e. The van der Waals surface area contributed by atoms with Crippen molar-refractivity contribution in [3.05, 3.63) is 29.6 Å². The monoisotopic (exact) mass is 261 g/mol. The SMILES string of the molecule is CNC(=O)CC1CCN(CCc2cccc(C)n2)C1. The van der Waals surface area contributed by atoms with Crippen LogP contribution in [0.15, 0.2) is 18.2 Å². The number of carbonyl (C=O) groups is 1. The summed E-state index contributed by atoms with van der Waals surface area (Å²) in [5.41, 5.74) is 2.24. The van der Waals surface area contributed by atoms with E-state index in [0.717, 1.165) is 43.9 Å². The van der Waals surface area contributed by atoms with Crippen molar-refractivity contribution in [2.24, 2.45) is 5.92 Å². The van der Waals surface area contributed by atoms with Crippen molar-refractivity contribution < 1.29 is 4.79 Å². The van der Waals surface area contributed by atoms with E-state index in [-0.39, 0.29) is 5.91 Å². The minimum Gasteiger partial charge on any atom is -0.359 e. The topological polar surface area (TPSA) is 45.2 Å². The summed E-state index contributed by atoms with van der Waals surface area (Å²) >= 11 is 0. The van der Waals surface area contributed by atoms with Crippen molar-refractivity contribution in [3.8, 4) is 0 Å². The average molecular weight is 261 g/mol. The lowest BCUT2D eigenvalue weighted by molar-refractivity contribution is -0.121. The first kappa shape index (κ1) is 14.0. The summed E-state index contributed by atoms with van der Waals surface area (Å²) in [6.07, 6.45) is 2.79. The predicted octanol–water partition coefficient (Wildman–Crippen LogP) is 1.39. The van der Waals surface area contributed by atoms with Crippen molar-refractivity contribution in [2.75, 3.05) is 26.7 Å². The number of nitrogens with zero attached hydrogens (tertiary/aromatic N) is 2. The summed E-state index contributed by atoms with van der Waals surface area (Å²) in [4.78, 5) is 18.3. The van der Waals surface area contributed by atoms with Crippen molar-refractivity contribution >= 4 is 5.91 Å². The van der Waals surface area contributed by atoms with Crippen LogP contribution in [-0.4, -0.2) is 42.5 Å². The summed E-state index contributed by atoms with van der Waals surface area (Å²) in [6.45, 7) is 5.21. The number of pyridine rings is 1. The Hall–Kier alpha value is -1.42. The molecule has 0 spiro atoms. The van der Waals surface area contributed by atoms with Crippen LogP contribution in [0.5, 0.6) is 0 Å². The van der Waals surface area contributed by atoms with Crippen LogP contribution in [0.3, 0.4) is 0 Å². The largest absolute Gasteiger partial charge is 0.359 e. The van der Waals surface area contributed by atoms with Gasteiger partial charge in [-0.2, -0.15) is 0 Å². The number of nitrogens with one attached hydrogen (secondary N) is 1. The van der Waals surface area contributed by atoms with Crippen LogP contribution < -0.4 is 5.32 Å². The van der Waals surface area contributed by atoms with Crippen LogP contribution in [-0.2, 0) is 11.2 Å². The zero-order chi connectivity index (χ0) is 13.7. The third-order valence-corrected chi connectivity index (χ3v) is 3.75. The Morgan fingerprint density at radius 3 is 3.11 bits per heavy atom. The summed E-state index contributed by atoms with van der Waals surface area (Å²) in [5.74, 6) is 0.678. The fourth-order valence-electron chi connectivity index (χ4n) is 2.66. The van der Waals surface area contributed by atoms with E-state index in [1.807, 2.05) is 13.0 Å². The number of aromatic nitrogens is 1. The quantitative estimate of drug-likeness (QED) is 0.871. The molecule has 1 atom stereocenters. The molecule has 1 unspecified atom stereocenters. The Kier molecular flexibility index (Phi) is 4.91. The molecule has 0 aromatic carbocycles. The van der Waals surface area contributed by atoms with Gasteiger partial charge in [-0.15, -0.1) is 0 Å². The Morgan fingerprint density at radius 2 is 2.37 bits per heavy atom. The highest BCUT2D eigenvalue weighted by atomic mass is 16.1. The van der Waals surface area contributed by atoms with Gasteiger partial charge in [0.05, 0.1) is 0 Å². The number of aryl methyl sites for hydroxylation is 1. The lowest BCUT2D eigenvalue weighted by Crippen LogP contribution is -2.26. The summed E-state index contributed by atoms with van der Waals surface area (Å²) in [7, 11) is 1.71. The molecule has 4 nitrogen and oxygen atoms in total. The van der Waals surface area contributed by atoms with Gasteiger partial charge < -0.3 is 10.2 Å². The molecule has 0 radical (unpaired) electrons. The Bertz CT molecular complexity index is 433. The van der Waals surface area contributed by atoms with E-state index in [1.54, 1.807) is 7.05 Å². The predicted molar refractivity (Wildman–Crippen MR) is 75.9 cm³/mol. The van der Waals surface area contributed by atoms with Crippen LogP contribution in [0, 0.1) is 12.8 Å². The molecule has 2 heterocycles. The van der Waals surface area contributed by atoms with Gasteiger partial charge in [0.15, 0.2) is 0 Å². The van der Waals surface area contributed by atoms with Gasteiger partial charge in [-0.1, -0.05) is 6.07 Å². The van der Waals surface area contributed by atoms with E-state index < -0.39 is 0 Å². The maximum atomic E-state index is 11.4. The molecule has 0 bridgehead atoms. The van der Waals surface area contributed by atoms with E-state index in [9.17, 15) is 4.79 Å². The van der Waals surface area contributed by atoms with Crippen LogP contribution in [0.25, 0.3) is 0 Å². The van der Waals surface area contributed by atoms with Crippen molar-refractivity contribution in [1.82, 2.24) is 15.2 Å². The second-order valence-electron chi connectivity index (χ2n) is 5.35. The smallest absolute Gasteiger partial charge is 0.220 e. The molecule has 1 aliphatic rings. The van der Waals surface area contributed by atoms with Crippen molar-refractivity contribution in [1.29, 1.82) is 0 Å². The molecule has 1 fully saturated rings. The zero-order valence-electron chi connectivity index (χ0n) is 11.9. The molecular weight excluding hydrogens is 238 g/mol. The lowest BCUT2D eigenvalue weighted by atomic mass is 10.0. The highest BCUT2D eigenvalue weighted by molar-refractivity contribution is 5.75. The standard InChI is InChI=1S/C15H23N3O/c1-12-4-3-5-14(17-12)7-9-18-8-6-13(11-18)10-15(19)16-2/h3-5,13H,6-11H2,1-2H3,(H,16,19). The van der Waals surface area contributed by atoms with E-state index in [0.29, 0.717) is 12.3 Å². The molecule has 1 saturated heterocycles. The highest BCUT2D eigenvalue weighted by Crippen LogP contribution is 2.19. The minimum atomic E-state index is 0.159. The Labute approximate surface area is 115 Å². The first-order chi connectivity index (χ1) is 9.17. The normalized spacial score (nSPS) is 19.6. The third kappa shape index (κ3) is 4.31. The molecule has 1 aromatic rings. The van der Waals surface area contributed by atoms with Crippen LogP contribution >= 0.6 is 0 Å².